The first kappa shape index (κ1) is 28.1. The highest BCUT2D eigenvalue weighted by molar-refractivity contribution is 5.32. The number of allylic oxidation sites excluding steroid dienone is 2. The van der Waals surface area contributed by atoms with Crippen LogP contribution in [0.4, 0.5) is 0 Å². The van der Waals surface area contributed by atoms with Crippen LogP contribution >= 0.6 is 0 Å². The SMILES string of the molecule is CC.CCCC1=C=C=C(CN(CC)CCC)C=C1.CCc1cn(CC2CCNCC2)nn1. The van der Waals surface area contributed by atoms with Crippen molar-refractivity contribution in [1.29, 1.82) is 0 Å². The molecule has 1 fully saturated rings. The molecule has 0 bridgehead atoms. The summed E-state index contributed by atoms with van der Waals surface area (Å²) in [6, 6.07) is 0. The van der Waals surface area contributed by atoms with E-state index in [-0.39, 0.29) is 0 Å². The van der Waals surface area contributed by atoms with Crippen molar-refractivity contribution in [1.82, 2.24) is 25.2 Å². The molecule has 5 heteroatoms. The molecule has 1 N–H and O–H groups in total. The molecule has 1 aliphatic heterocycles. The number of piperidine rings is 1. The van der Waals surface area contributed by atoms with Gasteiger partial charge < -0.3 is 5.32 Å². The number of hydrogen-bond donors (Lipinski definition) is 1. The molecule has 1 aromatic rings. The van der Waals surface area contributed by atoms with Crippen LogP contribution in [-0.2, 0) is 13.0 Å². The van der Waals surface area contributed by atoms with E-state index in [4.69, 9.17) is 0 Å². The second-order valence-corrected chi connectivity index (χ2v) is 8.23. The highest BCUT2D eigenvalue weighted by atomic mass is 15.4. The van der Waals surface area contributed by atoms with E-state index in [0.29, 0.717) is 0 Å². The Morgan fingerprint density at radius 3 is 2.25 bits per heavy atom. The van der Waals surface area contributed by atoms with E-state index in [1.165, 1.54) is 43.4 Å². The highest BCUT2D eigenvalue weighted by Crippen LogP contribution is 2.14. The van der Waals surface area contributed by atoms with Gasteiger partial charge in [-0.05, 0) is 76.4 Å². The molecule has 0 spiro atoms. The third-order valence-electron chi connectivity index (χ3n) is 5.62. The number of nitrogens with zero attached hydrogens (tertiary/aromatic N) is 4. The van der Waals surface area contributed by atoms with E-state index in [1.54, 1.807) is 0 Å². The number of aromatic nitrogens is 3. The lowest BCUT2D eigenvalue weighted by molar-refractivity contribution is 0.315. The van der Waals surface area contributed by atoms with Gasteiger partial charge in [0.15, 0.2) is 0 Å². The number of rotatable bonds is 10. The van der Waals surface area contributed by atoms with Crippen molar-refractivity contribution in [2.75, 3.05) is 32.7 Å². The molecule has 0 atom stereocenters. The fourth-order valence-electron chi connectivity index (χ4n) is 3.78. The van der Waals surface area contributed by atoms with E-state index in [1.807, 2.05) is 18.5 Å². The summed E-state index contributed by atoms with van der Waals surface area (Å²) in [7, 11) is 0. The molecule has 0 amide bonds. The topological polar surface area (TPSA) is 46.0 Å². The Hall–Kier alpha value is -1.90. The molecule has 3 rings (SSSR count). The minimum Gasteiger partial charge on any atom is -0.317 e. The van der Waals surface area contributed by atoms with Crippen molar-refractivity contribution in [3.05, 3.63) is 46.7 Å². The summed E-state index contributed by atoms with van der Waals surface area (Å²) in [4.78, 5) is 2.44. The van der Waals surface area contributed by atoms with Crippen LogP contribution in [0.3, 0.4) is 0 Å². The summed E-state index contributed by atoms with van der Waals surface area (Å²) < 4.78 is 1.99. The van der Waals surface area contributed by atoms with Gasteiger partial charge in [0.2, 0.25) is 0 Å². The minimum atomic E-state index is 0.780. The molecular weight excluding hydrogens is 394 g/mol. The van der Waals surface area contributed by atoms with Crippen LogP contribution in [0, 0.1) is 5.92 Å². The number of hydrogen-bond acceptors (Lipinski definition) is 4. The van der Waals surface area contributed by atoms with Gasteiger partial charge in [-0.15, -0.1) is 5.10 Å². The predicted octanol–water partition coefficient (Wildman–Crippen LogP) is 5.56. The van der Waals surface area contributed by atoms with Crippen LogP contribution in [0.5, 0.6) is 0 Å². The number of nitrogens with one attached hydrogen (secondary N) is 1. The zero-order chi connectivity index (χ0) is 23.6. The molecule has 2 heterocycles. The van der Waals surface area contributed by atoms with Crippen molar-refractivity contribution < 1.29 is 0 Å². The van der Waals surface area contributed by atoms with Crippen LogP contribution in [0.25, 0.3) is 0 Å². The van der Waals surface area contributed by atoms with Gasteiger partial charge in [-0.1, -0.05) is 64.6 Å². The highest BCUT2D eigenvalue weighted by Gasteiger charge is 2.14. The van der Waals surface area contributed by atoms with Gasteiger partial charge in [0.05, 0.1) is 5.69 Å². The summed E-state index contributed by atoms with van der Waals surface area (Å²) in [5.41, 5.74) is 10.2. The van der Waals surface area contributed by atoms with Gasteiger partial charge in [0.1, 0.15) is 0 Å². The average Bonchev–Trinajstić information content (AvgIpc) is 3.30. The van der Waals surface area contributed by atoms with Crippen molar-refractivity contribution in [3.63, 3.8) is 0 Å². The van der Waals surface area contributed by atoms with Crippen LogP contribution in [0.2, 0.25) is 0 Å². The second kappa shape index (κ2) is 17.6. The van der Waals surface area contributed by atoms with Crippen molar-refractivity contribution in [2.24, 2.45) is 5.92 Å². The van der Waals surface area contributed by atoms with Crippen molar-refractivity contribution in [3.8, 4) is 0 Å². The monoisotopic (exact) mass is 441 g/mol. The van der Waals surface area contributed by atoms with Crippen LogP contribution in [-0.4, -0.2) is 52.6 Å². The van der Waals surface area contributed by atoms with Crippen molar-refractivity contribution in [2.45, 2.75) is 86.6 Å². The summed E-state index contributed by atoms with van der Waals surface area (Å²) in [5.74, 6) is 0.780. The number of likely N-dealkylation sites (N-methyl/N-ethyl adjacent to an activating group) is 1. The standard InChI is InChI=1S/C15H23N.C10H18N4.C2H6/c1-4-7-14-8-10-15(11-9-14)13-16(6-3)12-5-2;1-2-10-8-14(13-12-10)7-9-3-5-11-6-4-9;1-2/h8,10H,4-7,12-13H2,1-3H3;8-9,11H,2-7H2,1H3;1-2H3. The van der Waals surface area contributed by atoms with E-state index in [0.717, 1.165) is 57.2 Å². The fourth-order valence-corrected chi connectivity index (χ4v) is 3.78. The van der Waals surface area contributed by atoms with Crippen LogP contribution in [0.15, 0.2) is 41.0 Å². The summed E-state index contributed by atoms with van der Waals surface area (Å²) in [6.07, 6.45) is 13.5. The lowest BCUT2D eigenvalue weighted by Crippen LogP contribution is -2.30. The molecule has 1 aromatic heterocycles. The lowest BCUT2D eigenvalue weighted by atomic mass is 9.98. The van der Waals surface area contributed by atoms with Gasteiger partial charge in [0.25, 0.3) is 0 Å². The quantitative estimate of drug-likeness (QED) is 0.483. The van der Waals surface area contributed by atoms with Gasteiger partial charge in [-0.3, -0.25) is 9.58 Å². The molecule has 0 aromatic carbocycles. The molecule has 1 saturated heterocycles. The normalized spacial score (nSPS) is 15.5. The smallest absolute Gasteiger partial charge is 0.0824 e. The Labute approximate surface area is 197 Å². The Morgan fingerprint density at radius 1 is 1.03 bits per heavy atom. The number of aryl methyl sites for hydroxylation is 1. The Kier molecular flexibility index (Phi) is 15.5. The molecule has 0 unspecified atom stereocenters. The summed E-state index contributed by atoms with van der Waals surface area (Å²) in [6.45, 7) is 19.4. The maximum atomic E-state index is 4.13. The fraction of sp³-hybridized carbons (Fsp3) is 0.704. The van der Waals surface area contributed by atoms with E-state index in [2.05, 4.69) is 78.0 Å². The van der Waals surface area contributed by atoms with Crippen molar-refractivity contribution >= 4 is 0 Å². The van der Waals surface area contributed by atoms with E-state index >= 15 is 0 Å². The first-order chi connectivity index (χ1) is 15.7. The summed E-state index contributed by atoms with van der Waals surface area (Å²) >= 11 is 0. The molecular formula is C27H47N5. The Balaban J connectivity index is 0.000000299. The third kappa shape index (κ3) is 11.1. The Morgan fingerprint density at radius 2 is 1.72 bits per heavy atom. The molecule has 2 aliphatic rings. The average molecular weight is 442 g/mol. The predicted molar refractivity (Wildman–Crippen MR) is 137 cm³/mol. The zero-order valence-corrected chi connectivity index (χ0v) is 21.6. The first-order valence-corrected chi connectivity index (χ1v) is 12.9. The van der Waals surface area contributed by atoms with Gasteiger partial charge >= 0.3 is 0 Å². The molecule has 5 nitrogen and oxygen atoms in total. The molecule has 180 valence electrons. The van der Waals surface area contributed by atoms with Gasteiger partial charge in [-0.2, -0.15) is 0 Å². The van der Waals surface area contributed by atoms with E-state index in [9.17, 15) is 0 Å². The third-order valence-corrected chi connectivity index (χ3v) is 5.62. The van der Waals surface area contributed by atoms with Gasteiger partial charge in [0, 0.05) is 30.4 Å². The maximum absolute atomic E-state index is 4.13. The van der Waals surface area contributed by atoms with E-state index < -0.39 is 0 Å². The van der Waals surface area contributed by atoms with Crippen LogP contribution in [0.1, 0.15) is 79.3 Å². The molecule has 32 heavy (non-hydrogen) atoms. The maximum Gasteiger partial charge on any atom is 0.0824 e. The second-order valence-electron chi connectivity index (χ2n) is 8.23. The van der Waals surface area contributed by atoms with Crippen LogP contribution < -0.4 is 5.32 Å². The largest absolute Gasteiger partial charge is 0.317 e. The Bertz CT molecular complexity index is 742. The minimum absolute atomic E-state index is 0.780. The molecule has 0 radical (unpaired) electrons. The summed E-state index contributed by atoms with van der Waals surface area (Å²) in [5, 5.41) is 11.6. The van der Waals surface area contributed by atoms with Gasteiger partial charge in [-0.25, -0.2) is 0 Å². The first-order valence-electron chi connectivity index (χ1n) is 12.9. The molecule has 1 aliphatic carbocycles. The lowest BCUT2D eigenvalue weighted by Gasteiger charge is -2.21. The molecule has 0 saturated carbocycles. The zero-order valence-electron chi connectivity index (χ0n) is 21.6.